The van der Waals surface area contributed by atoms with Crippen molar-refractivity contribution in [3.8, 4) is 11.5 Å². The van der Waals surface area contributed by atoms with Crippen LogP contribution in [-0.2, 0) is 40.4 Å². The molecule has 0 aliphatic heterocycles. The Morgan fingerprint density at radius 1 is 1.00 bits per heavy atom. The van der Waals surface area contributed by atoms with Crippen molar-refractivity contribution in [2.45, 2.75) is 42.0 Å². The van der Waals surface area contributed by atoms with Crippen LogP contribution in [0.3, 0.4) is 0 Å². The number of fused-ring (bicyclic) bond motifs is 1. The molecule has 12 nitrogen and oxygen atoms in total. The lowest BCUT2D eigenvalue weighted by atomic mass is 10.0. The maximum absolute atomic E-state index is 13.0. The molecule has 0 unspecified atom stereocenters. The van der Waals surface area contributed by atoms with Gasteiger partial charge in [-0.2, -0.15) is 13.2 Å². The number of thiazole rings is 1. The van der Waals surface area contributed by atoms with Crippen LogP contribution in [0.5, 0.6) is 11.5 Å². The van der Waals surface area contributed by atoms with Gasteiger partial charge in [0.1, 0.15) is 43.1 Å². The third-order valence-electron chi connectivity index (χ3n) is 7.26. The predicted molar refractivity (Wildman–Crippen MR) is 171 cm³/mol. The lowest BCUT2D eigenvalue weighted by molar-refractivity contribution is -0.140. The van der Waals surface area contributed by atoms with Crippen molar-refractivity contribution in [3.05, 3.63) is 95.3 Å². The third-order valence-corrected chi connectivity index (χ3v) is 9.60. The van der Waals surface area contributed by atoms with Crippen LogP contribution in [0.4, 0.5) is 17.6 Å². The Balaban J connectivity index is 1.30. The Hall–Kier alpha value is -4.65. The summed E-state index contributed by atoms with van der Waals surface area (Å²) < 4.78 is 87.9. The summed E-state index contributed by atoms with van der Waals surface area (Å²) in [4.78, 5) is 16.2. The van der Waals surface area contributed by atoms with Crippen molar-refractivity contribution in [1.29, 1.82) is 0 Å². The number of nitrogens with zero attached hydrogens (tertiary/aromatic N) is 4. The highest BCUT2D eigenvalue weighted by atomic mass is 32.2. The highest BCUT2D eigenvalue weighted by Crippen LogP contribution is 2.30. The van der Waals surface area contributed by atoms with Gasteiger partial charge in [0.25, 0.3) is 10.0 Å². The van der Waals surface area contributed by atoms with Crippen LogP contribution in [0.15, 0.2) is 77.3 Å². The Morgan fingerprint density at radius 2 is 1.67 bits per heavy atom. The monoisotopic (exact) mass is 722 g/mol. The predicted octanol–water partition coefficient (Wildman–Crippen LogP) is 4.55. The van der Waals surface area contributed by atoms with E-state index in [-0.39, 0.29) is 30.5 Å². The number of ether oxygens (including phenoxy) is 2. The van der Waals surface area contributed by atoms with Crippen LogP contribution in [0.2, 0.25) is 0 Å². The Bertz CT molecular complexity index is 1990. The number of aromatic nitrogens is 4. The second kappa shape index (κ2) is 15.3. The van der Waals surface area contributed by atoms with Crippen LogP contribution in [0, 0.1) is 0 Å². The number of carbonyl (C=O) groups is 1. The van der Waals surface area contributed by atoms with Gasteiger partial charge in [-0.25, -0.2) is 27.6 Å². The molecule has 4 N–H and O–H groups in total. The van der Waals surface area contributed by atoms with Gasteiger partial charge >= 0.3 is 12.1 Å². The van der Waals surface area contributed by atoms with Crippen molar-refractivity contribution in [1.82, 2.24) is 25.3 Å². The molecule has 2 aromatic heterocycles. The summed E-state index contributed by atoms with van der Waals surface area (Å²) in [5.74, 6) is -0.279. The van der Waals surface area contributed by atoms with Crippen LogP contribution in [-0.4, -0.2) is 65.3 Å². The van der Waals surface area contributed by atoms with Crippen LogP contribution < -0.4 is 19.9 Å². The van der Waals surface area contributed by atoms with E-state index >= 15 is 0 Å². The number of hydrogen-bond donors (Lipinski definition) is 3. The first-order valence-corrected chi connectivity index (χ1v) is 17.0. The van der Waals surface area contributed by atoms with Gasteiger partial charge < -0.3 is 19.9 Å². The molecule has 18 heteroatoms. The average Bonchev–Trinajstić information content (AvgIpc) is 3.72. The largest absolute Gasteiger partial charge is 0.491 e. The van der Waals surface area contributed by atoms with Gasteiger partial charge in [-0.1, -0.05) is 29.5 Å². The standard InChI is InChI=1S/C31H30F4N6O6S2/c32-11-12-46-24-7-3-19(4-8-24)13-23(16-37-27(29(42)43)14-20-1-5-21(6-2-20)31(33,34)35)41-17-22(39-40-41)18-47-25-9-10-26-28(15-25)48-30(38-26)49(36,44)45/h1-10,15,17,23,27,37H,11-14,16,18H2,(H,42,43)(H2,36,44,45)/t23-,27+/m1/s1. The molecule has 2 heterocycles. The lowest BCUT2D eigenvalue weighted by Gasteiger charge is -2.21. The number of alkyl halides is 4. The minimum Gasteiger partial charge on any atom is -0.491 e. The quantitative estimate of drug-likeness (QED) is 0.123. The summed E-state index contributed by atoms with van der Waals surface area (Å²) >= 11 is 0.911. The molecule has 0 aliphatic rings. The Labute approximate surface area is 281 Å². The molecular weight excluding hydrogens is 693 g/mol. The molecule has 260 valence electrons. The number of primary sulfonamides is 1. The molecule has 0 saturated heterocycles. The fourth-order valence-corrected chi connectivity index (χ4v) is 6.50. The number of sulfonamides is 1. The molecule has 2 atom stereocenters. The van der Waals surface area contributed by atoms with E-state index in [9.17, 15) is 35.9 Å². The smallest absolute Gasteiger partial charge is 0.416 e. The van der Waals surface area contributed by atoms with E-state index in [0.717, 1.165) is 29.0 Å². The molecule has 0 spiro atoms. The van der Waals surface area contributed by atoms with Gasteiger partial charge in [-0.15, -0.1) is 16.4 Å². The zero-order valence-electron chi connectivity index (χ0n) is 25.5. The number of carboxylic acid groups (broad SMARTS) is 1. The number of halogens is 4. The van der Waals surface area contributed by atoms with Crippen LogP contribution in [0.1, 0.15) is 28.4 Å². The van der Waals surface area contributed by atoms with E-state index in [1.807, 2.05) is 0 Å². The van der Waals surface area contributed by atoms with E-state index in [4.69, 9.17) is 14.6 Å². The van der Waals surface area contributed by atoms with Crippen molar-refractivity contribution >= 4 is 37.5 Å². The van der Waals surface area contributed by atoms with Crippen LogP contribution >= 0.6 is 11.3 Å². The molecule has 0 saturated carbocycles. The maximum Gasteiger partial charge on any atom is 0.416 e. The molecular formula is C31H30F4N6O6S2. The number of rotatable bonds is 16. The van der Waals surface area contributed by atoms with E-state index in [0.29, 0.717) is 39.4 Å². The topological polar surface area (TPSA) is 172 Å². The molecule has 5 rings (SSSR count). The van der Waals surface area contributed by atoms with Gasteiger partial charge in [-0.05, 0) is 66.4 Å². The second-order valence-corrected chi connectivity index (χ2v) is 13.6. The van der Waals surface area contributed by atoms with Crippen molar-refractivity contribution in [3.63, 3.8) is 0 Å². The summed E-state index contributed by atoms with van der Waals surface area (Å²) in [6.45, 7) is -0.626. The zero-order chi connectivity index (χ0) is 35.2. The van der Waals surface area contributed by atoms with Gasteiger partial charge in [0.2, 0.25) is 4.34 Å². The Morgan fingerprint density at radius 3 is 2.33 bits per heavy atom. The van der Waals surface area contributed by atoms with E-state index in [1.54, 1.807) is 53.3 Å². The molecule has 5 aromatic rings. The zero-order valence-corrected chi connectivity index (χ0v) is 27.1. The molecule has 3 aromatic carbocycles. The third kappa shape index (κ3) is 9.71. The minimum atomic E-state index is -4.51. The van der Waals surface area contributed by atoms with Gasteiger partial charge in [0.15, 0.2) is 0 Å². The number of nitrogens with two attached hydrogens (primary N) is 1. The average molecular weight is 723 g/mol. The number of carboxylic acids is 1. The van der Waals surface area contributed by atoms with Gasteiger partial charge in [0, 0.05) is 6.54 Å². The van der Waals surface area contributed by atoms with E-state index < -0.39 is 46.5 Å². The summed E-state index contributed by atoms with van der Waals surface area (Å²) in [7, 11) is -3.95. The first kappa shape index (κ1) is 35.7. The van der Waals surface area contributed by atoms with Gasteiger partial charge in [-0.3, -0.25) is 4.79 Å². The number of benzene rings is 3. The highest BCUT2D eigenvalue weighted by Gasteiger charge is 2.30. The molecule has 49 heavy (non-hydrogen) atoms. The first-order chi connectivity index (χ1) is 23.3. The van der Waals surface area contributed by atoms with Crippen molar-refractivity contribution in [2.24, 2.45) is 5.14 Å². The maximum atomic E-state index is 13.0. The summed E-state index contributed by atoms with van der Waals surface area (Å²) in [5.41, 5.74) is 1.30. The number of nitrogens with one attached hydrogen (secondary N) is 1. The minimum absolute atomic E-state index is 0.00121. The highest BCUT2D eigenvalue weighted by molar-refractivity contribution is 7.91. The van der Waals surface area contributed by atoms with Crippen LogP contribution in [0.25, 0.3) is 10.2 Å². The normalized spacial score (nSPS) is 13.3. The molecule has 0 fully saturated rings. The molecule has 0 aliphatic carbocycles. The molecule has 0 amide bonds. The fourth-order valence-electron chi connectivity index (χ4n) is 4.81. The van der Waals surface area contributed by atoms with Gasteiger partial charge in [0.05, 0.1) is 28.0 Å². The Kier molecular flexibility index (Phi) is 11.1. The van der Waals surface area contributed by atoms with E-state index in [2.05, 4.69) is 20.6 Å². The SMILES string of the molecule is NS(=O)(=O)c1nc2ccc(OCc3cn([C@@H](CN[C@@H](Cc4ccc(C(F)(F)F)cc4)C(=O)O)Cc4ccc(OCCF)cc4)nn3)cc2s1. The molecule has 0 radical (unpaired) electrons. The number of hydrogen-bond acceptors (Lipinski definition) is 10. The fraction of sp³-hybridized carbons (Fsp3) is 0.290. The second-order valence-electron chi connectivity index (χ2n) is 10.9. The summed E-state index contributed by atoms with van der Waals surface area (Å²) in [6.07, 6.45) is -2.58. The summed E-state index contributed by atoms with van der Waals surface area (Å²) in [6, 6.07) is 14.5. The lowest BCUT2D eigenvalue weighted by Crippen LogP contribution is -2.42. The van der Waals surface area contributed by atoms with Crippen molar-refractivity contribution in [2.75, 3.05) is 19.8 Å². The van der Waals surface area contributed by atoms with Crippen molar-refractivity contribution < 1.29 is 45.4 Å². The first-order valence-electron chi connectivity index (χ1n) is 14.7. The van der Waals surface area contributed by atoms with E-state index in [1.165, 1.54) is 12.1 Å². The summed E-state index contributed by atoms with van der Waals surface area (Å²) in [5, 5.41) is 26.5. The molecule has 0 bridgehead atoms. The number of aliphatic carboxylic acids is 1.